The van der Waals surface area contributed by atoms with Crippen LogP contribution in [0.4, 0.5) is 0 Å². The Bertz CT molecular complexity index is 90.1. The quantitative estimate of drug-likeness (QED) is 0.627. The molecule has 0 bridgehead atoms. The lowest BCUT2D eigenvalue weighted by Gasteiger charge is -2.26. The highest BCUT2D eigenvalue weighted by molar-refractivity contribution is 4.60. The van der Waals surface area contributed by atoms with E-state index in [0.29, 0.717) is 0 Å². The molecule has 1 aliphatic rings. The standard InChI is InChI=1S/C9H19NO.C2H6/c1-2-3-4-5-10-6-8-11-9-7-10;1-2/h2-9H2,1H3;1-2H3. The number of unbranched alkanes of at least 4 members (excludes halogenated alkanes) is 2. The molecule has 1 saturated heterocycles. The Morgan fingerprint density at radius 2 is 1.69 bits per heavy atom. The number of morpholine rings is 1. The normalized spacial score (nSPS) is 17.8. The molecule has 0 atom stereocenters. The smallest absolute Gasteiger partial charge is 0.0594 e. The van der Waals surface area contributed by atoms with Gasteiger partial charge in [0, 0.05) is 13.1 Å². The molecule has 0 aromatic carbocycles. The molecule has 1 aliphatic heterocycles. The van der Waals surface area contributed by atoms with Gasteiger partial charge in [-0.2, -0.15) is 0 Å². The first-order chi connectivity index (χ1) is 6.43. The van der Waals surface area contributed by atoms with E-state index >= 15 is 0 Å². The molecule has 0 aromatic rings. The molecule has 0 amide bonds. The van der Waals surface area contributed by atoms with Gasteiger partial charge in [-0.15, -0.1) is 0 Å². The van der Waals surface area contributed by atoms with E-state index in [1.807, 2.05) is 13.8 Å². The fourth-order valence-electron chi connectivity index (χ4n) is 1.41. The second-order valence-electron chi connectivity index (χ2n) is 3.16. The van der Waals surface area contributed by atoms with Crippen LogP contribution in [0.5, 0.6) is 0 Å². The third kappa shape index (κ3) is 7.03. The number of ether oxygens (including phenoxy) is 1. The maximum atomic E-state index is 5.26. The lowest BCUT2D eigenvalue weighted by atomic mass is 10.2. The van der Waals surface area contributed by atoms with E-state index in [1.165, 1.54) is 25.8 Å². The number of hydrogen-bond acceptors (Lipinski definition) is 2. The second-order valence-corrected chi connectivity index (χ2v) is 3.16. The Kier molecular flexibility index (Phi) is 9.94. The maximum Gasteiger partial charge on any atom is 0.0594 e. The molecule has 0 unspecified atom stereocenters. The summed E-state index contributed by atoms with van der Waals surface area (Å²) in [6.45, 7) is 11.7. The van der Waals surface area contributed by atoms with Gasteiger partial charge in [-0.25, -0.2) is 0 Å². The zero-order valence-corrected chi connectivity index (χ0v) is 9.51. The predicted molar refractivity (Wildman–Crippen MR) is 58.1 cm³/mol. The van der Waals surface area contributed by atoms with Crippen molar-refractivity contribution in [3.05, 3.63) is 0 Å². The zero-order chi connectivity index (χ0) is 9.94. The fraction of sp³-hybridized carbons (Fsp3) is 1.00. The fourth-order valence-corrected chi connectivity index (χ4v) is 1.41. The van der Waals surface area contributed by atoms with Crippen LogP contribution in [0.15, 0.2) is 0 Å². The highest BCUT2D eigenvalue weighted by Crippen LogP contribution is 2.01. The van der Waals surface area contributed by atoms with Gasteiger partial charge in [-0.3, -0.25) is 4.90 Å². The van der Waals surface area contributed by atoms with Crippen LogP contribution in [0.3, 0.4) is 0 Å². The predicted octanol–water partition coefficient (Wildman–Crippen LogP) is 2.54. The first kappa shape index (κ1) is 12.9. The molecule has 0 aliphatic carbocycles. The summed E-state index contributed by atoms with van der Waals surface area (Å²) in [7, 11) is 0. The van der Waals surface area contributed by atoms with Crippen molar-refractivity contribution in [1.29, 1.82) is 0 Å². The van der Waals surface area contributed by atoms with Crippen molar-refractivity contribution >= 4 is 0 Å². The molecule has 1 rings (SSSR count). The molecule has 2 nitrogen and oxygen atoms in total. The van der Waals surface area contributed by atoms with Crippen molar-refractivity contribution in [3.63, 3.8) is 0 Å². The lowest BCUT2D eigenvalue weighted by molar-refractivity contribution is 0.0372. The first-order valence-electron chi connectivity index (χ1n) is 5.73. The van der Waals surface area contributed by atoms with Gasteiger partial charge in [-0.05, 0) is 13.0 Å². The Morgan fingerprint density at radius 3 is 2.23 bits per heavy atom. The molecule has 1 heterocycles. The topological polar surface area (TPSA) is 12.5 Å². The van der Waals surface area contributed by atoms with Crippen molar-refractivity contribution in [1.82, 2.24) is 4.90 Å². The SMILES string of the molecule is CC.CCCCCN1CCOCC1. The van der Waals surface area contributed by atoms with E-state index in [2.05, 4.69) is 11.8 Å². The third-order valence-corrected chi connectivity index (χ3v) is 2.18. The van der Waals surface area contributed by atoms with Crippen LogP contribution < -0.4 is 0 Å². The van der Waals surface area contributed by atoms with Crippen molar-refractivity contribution in [3.8, 4) is 0 Å². The van der Waals surface area contributed by atoms with Crippen LogP contribution in [0.1, 0.15) is 40.0 Å². The summed E-state index contributed by atoms with van der Waals surface area (Å²) in [4.78, 5) is 2.50. The minimum absolute atomic E-state index is 0.937. The van der Waals surface area contributed by atoms with Gasteiger partial charge in [0.1, 0.15) is 0 Å². The van der Waals surface area contributed by atoms with Crippen LogP contribution in [0.25, 0.3) is 0 Å². The zero-order valence-electron chi connectivity index (χ0n) is 9.51. The summed E-state index contributed by atoms with van der Waals surface area (Å²) in [5, 5.41) is 0. The third-order valence-electron chi connectivity index (χ3n) is 2.18. The first-order valence-corrected chi connectivity index (χ1v) is 5.73. The molecule has 13 heavy (non-hydrogen) atoms. The molecule has 2 heteroatoms. The Balaban J connectivity index is 0.000000671. The molecular formula is C11H25NO. The van der Waals surface area contributed by atoms with Gasteiger partial charge < -0.3 is 4.74 Å². The molecule has 0 saturated carbocycles. The molecule has 0 aromatic heterocycles. The van der Waals surface area contributed by atoms with Crippen molar-refractivity contribution in [2.75, 3.05) is 32.8 Å². The number of hydrogen-bond donors (Lipinski definition) is 0. The minimum atomic E-state index is 0.937. The Hall–Kier alpha value is -0.0800. The van der Waals surface area contributed by atoms with Crippen LogP contribution >= 0.6 is 0 Å². The van der Waals surface area contributed by atoms with Gasteiger partial charge in [0.2, 0.25) is 0 Å². The molecule has 0 spiro atoms. The summed E-state index contributed by atoms with van der Waals surface area (Å²) in [6.07, 6.45) is 4.05. The van der Waals surface area contributed by atoms with Gasteiger partial charge >= 0.3 is 0 Å². The van der Waals surface area contributed by atoms with Crippen LogP contribution in [-0.2, 0) is 4.74 Å². The Morgan fingerprint density at radius 1 is 1.08 bits per heavy atom. The average Bonchev–Trinajstić information content (AvgIpc) is 2.23. The summed E-state index contributed by atoms with van der Waals surface area (Å²) < 4.78 is 5.26. The highest BCUT2D eigenvalue weighted by Gasteiger charge is 2.08. The van der Waals surface area contributed by atoms with Crippen molar-refractivity contribution < 1.29 is 4.74 Å². The monoisotopic (exact) mass is 187 g/mol. The molecule has 80 valence electrons. The van der Waals surface area contributed by atoms with Gasteiger partial charge in [0.15, 0.2) is 0 Å². The summed E-state index contributed by atoms with van der Waals surface area (Å²) >= 11 is 0. The summed E-state index contributed by atoms with van der Waals surface area (Å²) in [5.74, 6) is 0. The Labute approximate surface area is 83.3 Å². The lowest BCUT2D eigenvalue weighted by Crippen LogP contribution is -2.36. The van der Waals surface area contributed by atoms with Crippen LogP contribution in [-0.4, -0.2) is 37.7 Å². The largest absolute Gasteiger partial charge is 0.379 e. The molecule has 1 fully saturated rings. The van der Waals surface area contributed by atoms with Crippen LogP contribution in [0, 0.1) is 0 Å². The number of nitrogens with zero attached hydrogens (tertiary/aromatic N) is 1. The van der Waals surface area contributed by atoms with Crippen molar-refractivity contribution in [2.24, 2.45) is 0 Å². The average molecular weight is 187 g/mol. The molecular weight excluding hydrogens is 162 g/mol. The van der Waals surface area contributed by atoms with Gasteiger partial charge in [0.25, 0.3) is 0 Å². The van der Waals surface area contributed by atoms with Gasteiger partial charge in [-0.1, -0.05) is 33.6 Å². The van der Waals surface area contributed by atoms with E-state index in [0.717, 1.165) is 26.3 Å². The molecule has 0 radical (unpaired) electrons. The summed E-state index contributed by atoms with van der Waals surface area (Å²) in [6, 6.07) is 0. The van der Waals surface area contributed by atoms with Crippen molar-refractivity contribution in [2.45, 2.75) is 40.0 Å². The molecule has 0 N–H and O–H groups in total. The van der Waals surface area contributed by atoms with Crippen LogP contribution in [0.2, 0.25) is 0 Å². The summed E-state index contributed by atoms with van der Waals surface area (Å²) in [5.41, 5.74) is 0. The van der Waals surface area contributed by atoms with E-state index in [4.69, 9.17) is 4.74 Å². The second kappa shape index (κ2) is 10.0. The number of rotatable bonds is 4. The van der Waals surface area contributed by atoms with E-state index in [-0.39, 0.29) is 0 Å². The van der Waals surface area contributed by atoms with E-state index in [9.17, 15) is 0 Å². The maximum absolute atomic E-state index is 5.26. The van der Waals surface area contributed by atoms with E-state index < -0.39 is 0 Å². The highest BCUT2D eigenvalue weighted by atomic mass is 16.5. The minimum Gasteiger partial charge on any atom is -0.379 e. The van der Waals surface area contributed by atoms with E-state index in [1.54, 1.807) is 0 Å². The van der Waals surface area contributed by atoms with Gasteiger partial charge in [0.05, 0.1) is 13.2 Å².